The fraction of sp³-hybridized carbons (Fsp3) is 0.909. The van der Waals surface area contributed by atoms with E-state index in [0.29, 0.717) is 13.2 Å². The van der Waals surface area contributed by atoms with Gasteiger partial charge < -0.3 is 15.2 Å². The van der Waals surface area contributed by atoms with Crippen LogP contribution in [-0.4, -0.2) is 31.8 Å². The molecule has 1 saturated heterocycles. The van der Waals surface area contributed by atoms with E-state index in [0.717, 1.165) is 38.7 Å². The van der Waals surface area contributed by atoms with E-state index in [9.17, 15) is 4.79 Å². The quantitative estimate of drug-likeness (QED) is 0.703. The molecule has 1 saturated carbocycles. The van der Waals surface area contributed by atoms with E-state index in [-0.39, 0.29) is 17.5 Å². The third kappa shape index (κ3) is 2.16. The number of nitrogens with two attached hydrogens (primary N) is 1. The SMILES string of the molecule is NCC1(C(=O)OCC2CCCO2)CCC1. The zero-order valence-corrected chi connectivity index (χ0v) is 9.04. The van der Waals surface area contributed by atoms with E-state index in [2.05, 4.69) is 0 Å². The molecule has 15 heavy (non-hydrogen) atoms. The lowest BCUT2D eigenvalue weighted by atomic mass is 9.69. The minimum atomic E-state index is -0.362. The van der Waals surface area contributed by atoms with E-state index in [1.165, 1.54) is 0 Å². The van der Waals surface area contributed by atoms with Crippen LogP contribution in [0.4, 0.5) is 0 Å². The van der Waals surface area contributed by atoms with E-state index in [4.69, 9.17) is 15.2 Å². The van der Waals surface area contributed by atoms with E-state index < -0.39 is 0 Å². The van der Waals surface area contributed by atoms with E-state index in [1.54, 1.807) is 0 Å². The lowest BCUT2D eigenvalue weighted by Crippen LogP contribution is -2.46. The number of carbonyl (C=O) groups excluding carboxylic acids is 1. The molecule has 1 heterocycles. The van der Waals surface area contributed by atoms with Crippen LogP contribution in [0.3, 0.4) is 0 Å². The molecule has 0 spiro atoms. The summed E-state index contributed by atoms with van der Waals surface area (Å²) in [6, 6.07) is 0. The molecule has 1 unspecified atom stereocenters. The molecule has 0 aromatic rings. The van der Waals surface area contributed by atoms with Crippen LogP contribution in [0.5, 0.6) is 0 Å². The van der Waals surface area contributed by atoms with Crippen molar-refractivity contribution in [1.82, 2.24) is 0 Å². The molecule has 2 N–H and O–H groups in total. The van der Waals surface area contributed by atoms with Crippen molar-refractivity contribution < 1.29 is 14.3 Å². The molecule has 0 amide bonds. The van der Waals surface area contributed by atoms with Gasteiger partial charge in [-0.15, -0.1) is 0 Å². The van der Waals surface area contributed by atoms with Gasteiger partial charge in [-0.2, -0.15) is 0 Å². The summed E-state index contributed by atoms with van der Waals surface area (Å²) in [4.78, 5) is 11.8. The summed E-state index contributed by atoms with van der Waals surface area (Å²) in [6.07, 6.45) is 5.05. The van der Waals surface area contributed by atoms with Crippen molar-refractivity contribution in [2.45, 2.75) is 38.2 Å². The van der Waals surface area contributed by atoms with Gasteiger partial charge in [0, 0.05) is 13.2 Å². The van der Waals surface area contributed by atoms with Gasteiger partial charge in [0.2, 0.25) is 0 Å². The maximum Gasteiger partial charge on any atom is 0.313 e. The van der Waals surface area contributed by atoms with Crippen molar-refractivity contribution in [3.05, 3.63) is 0 Å². The first-order valence-electron chi connectivity index (χ1n) is 5.76. The second-order valence-electron chi connectivity index (χ2n) is 4.57. The van der Waals surface area contributed by atoms with Gasteiger partial charge in [-0.05, 0) is 25.7 Å². The summed E-state index contributed by atoms with van der Waals surface area (Å²) >= 11 is 0. The summed E-state index contributed by atoms with van der Waals surface area (Å²) in [6.45, 7) is 1.61. The highest BCUT2D eigenvalue weighted by Crippen LogP contribution is 2.41. The number of carbonyl (C=O) groups is 1. The van der Waals surface area contributed by atoms with Gasteiger partial charge in [-0.1, -0.05) is 6.42 Å². The highest BCUT2D eigenvalue weighted by molar-refractivity contribution is 5.78. The molecular weight excluding hydrogens is 194 g/mol. The molecule has 4 nitrogen and oxygen atoms in total. The van der Waals surface area contributed by atoms with Crippen LogP contribution < -0.4 is 5.73 Å². The Hall–Kier alpha value is -0.610. The third-order valence-corrected chi connectivity index (χ3v) is 3.56. The lowest BCUT2D eigenvalue weighted by Gasteiger charge is -2.38. The molecule has 0 aromatic heterocycles. The van der Waals surface area contributed by atoms with Gasteiger partial charge in [-0.3, -0.25) is 4.79 Å². The van der Waals surface area contributed by atoms with Gasteiger partial charge in [0.05, 0.1) is 11.5 Å². The van der Waals surface area contributed by atoms with Gasteiger partial charge in [-0.25, -0.2) is 0 Å². The molecule has 2 fully saturated rings. The topological polar surface area (TPSA) is 61.6 Å². The minimum absolute atomic E-state index is 0.115. The Morgan fingerprint density at radius 2 is 2.27 bits per heavy atom. The summed E-state index contributed by atoms with van der Waals surface area (Å²) in [7, 11) is 0. The van der Waals surface area contributed by atoms with Crippen molar-refractivity contribution in [2.75, 3.05) is 19.8 Å². The maximum atomic E-state index is 11.8. The Bertz CT molecular complexity index is 226. The van der Waals surface area contributed by atoms with E-state index in [1.807, 2.05) is 0 Å². The summed E-state index contributed by atoms with van der Waals surface area (Å²) < 4.78 is 10.7. The molecular formula is C11H19NO3. The molecule has 1 atom stereocenters. The predicted molar refractivity (Wildman–Crippen MR) is 55.3 cm³/mol. The number of rotatable bonds is 4. The Labute approximate surface area is 90.1 Å². The zero-order valence-electron chi connectivity index (χ0n) is 9.04. The van der Waals surface area contributed by atoms with Crippen LogP contribution >= 0.6 is 0 Å². The molecule has 0 radical (unpaired) electrons. The lowest BCUT2D eigenvalue weighted by molar-refractivity contribution is -0.163. The van der Waals surface area contributed by atoms with E-state index >= 15 is 0 Å². The average molecular weight is 213 g/mol. The fourth-order valence-corrected chi connectivity index (χ4v) is 2.19. The van der Waals surface area contributed by atoms with Crippen LogP contribution in [0, 0.1) is 5.41 Å². The Balaban J connectivity index is 1.76. The smallest absolute Gasteiger partial charge is 0.313 e. The summed E-state index contributed by atoms with van der Waals surface area (Å²) in [5, 5.41) is 0. The first-order chi connectivity index (χ1) is 7.27. The Morgan fingerprint density at radius 3 is 2.73 bits per heavy atom. The van der Waals surface area contributed by atoms with Crippen LogP contribution in [0.15, 0.2) is 0 Å². The predicted octanol–water partition coefficient (Wildman–Crippen LogP) is 0.838. The third-order valence-electron chi connectivity index (χ3n) is 3.56. The standard InChI is InChI=1S/C11H19NO3/c12-8-11(4-2-5-11)10(13)15-7-9-3-1-6-14-9/h9H,1-8,12H2. The number of ether oxygens (including phenoxy) is 2. The van der Waals surface area contributed by atoms with Crippen molar-refractivity contribution in [3.8, 4) is 0 Å². The summed E-state index contributed by atoms with van der Waals surface area (Å²) in [5.41, 5.74) is 5.26. The van der Waals surface area contributed by atoms with Gasteiger partial charge in [0.25, 0.3) is 0 Å². The zero-order chi connectivity index (χ0) is 10.7. The molecule has 1 aliphatic heterocycles. The van der Waals surface area contributed by atoms with Crippen LogP contribution in [0.25, 0.3) is 0 Å². The monoisotopic (exact) mass is 213 g/mol. The second kappa shape index (κ2) is 4.49. The van der Waals surface area contributed by atoms with Crippen molar-refractivity contribution in [2.24, 2.45) is 11.1 Å². The molecule has 4 heteroatoms. The van der Waals surface area contributed by atoms with Crippen molar-refractivity contribution in [3.63, 3.8) is 0 Å². The highest BCUT2D eigenvalue weighted by atomic mass is 16.6. The summed E-state index contributed by atoms with van der Waals surface area (Å²) in [5.74, 6) is -0.119. The number of esters is 1. The van der Waals surface area contributed by atoms with Crippen LogP contribution in [0.2, 0.25) is 0 Å². The number of hydrogen-bond donors (Lipinski definition) is 1. The normalized spacial score (nSPS) is 28.5. The van der Waals surface area contributed by atoms with Gasteiger partial charge >= 0.3 is 5.97 Å². The largest absolute Gasteiger partial charge is 0.462 e. The minimum Gasteiger partial charge on any atom is -0.462 e. The molecule has 86 valence electrons. The average Bonchev–Trinajstić information content (AvgIpc) is 2.66. The first-order valence-corrected chi connectivity index (χ1v) is 5.76. The Kier molecular flexibility index (Phi) is 3.26. The first kappa shape index (κ1) is 10.9. The van der Waals surface area contributed by atoms with Crippen molar-refractivity contribution >= 4 is 5.97 Å². The maximum absolute atomic E-state index is 11.8. The molecule has 0 bridgehead atoms. The van der Waals surface area contributed by atoms with Crippen molar-refractivity contribution in [1.29, 1.82) is 0 Å². The van der Waals surface area contributed by atoms with Crippen LogP contribution in [0.1, 0.15) is 32.1 Å². The molecule has 2 aliphatic rings. The molecule has 1 aliphatic carbocycles. The van der Waals surface area contributed by atoms with Gasteiger partial charge in [0.1, 0.15) is 6.61 Å². The van der Waals surface area contributed by atoms with Gasteiger partial charge in [0.15, 0.2) is 0 Å². The highest BCUT2D eigenvalue weighted by Gasteiger charge is 2.44. The number of hydrogen-bond acceptors (Lipinski definition) is 4. The Morgan fingerprint density at radius 1 is 1.47 bits per heavy atom. The molecule has 0 aromatic carbocycles. The molecule has 2 rings (SSSR count). The van der Waals surface area contributed by atoms with Crippen LogP contribution in [-0.2, 0) is 14.3 Å². The second-order valence-corrected chi connectivity index (χ2v) is 4.57. The fourth-order valence-electron chi connectivity index (χ4n) is 2.19.